The molecule has 0 saturated heterocycles. The Morgan fingerprint density at radius 3 is 2.91 bits per heavy atom. The van der Waals surface area contributed by atoms with Crippen molar-refractivity contribution in [3.05, 3.63) is 16.6 Å². The number of hydrogen-bond donors (Lipinski definition) is 0. The molecule has 2 aromatic rings. The number of fused-ring (bicyclic) bond motifs is 1. The van der Waals surface area contributed by atoms with E-state index in [0.29, 0.717) is 19.4 Å². The smallest absolute Gasteiger partial charge is 0.222 e. The molecule has 6 nitrogen and oxygen atoms in total. The number of carbonyl (C=O) groups excluding carboxylic acids is 1. The van der Waals surface area contributed by atoms with Gasteiger partial charge in [0.05, 0.1) is 16.6 Å². The number of benzene rings is 1. The lowest BCUT2D eigenvalue weighted by atomic mass is 10.2. The van der Waals surface area contributed by atoms with E-state index in [-0.39, 0.29) is 5.91 Å². The second-order valence-electron chi connectivity index (χ2n) is 6.20. The Hall–Kier alpha value is -1.63. The number of halogens is 1. The number of carbonyl (C=O) groups is 1. The van der Waals surface area contributed by atoms with Crippen molar-refractivity contribution in [2.45, 2.75) is 32.2 Å². The lowest BCUT2D eigenvalue weighted by Gasteiger charge is -2.11. The van der Waals surface area contributed by atoms with Crippen LogP contribution in [0, 0.1) is 5.92 Å². The lowest BCUT2D eigenvalue weighted by molar-refractivity contribution is -0.128. The van der Waals surface area contributed by atoms with E-state index in [9.17, 15) is 4.79 Å². The third-order valence-electron chi connectivity index (χ3n) is 4.01. The summed E-state index contributed by atoms with van der Waals surface area (Å²) in [4.78, 5) is 13.1. The summed E-state index contributed by atoms with van der Waals surface area (Å²) >= 11 is 3.57. The van der Waals surface area contributed by atoms with Crippen molar-refractivity contribution < 1.29 is 9.53 Å². The molecule has 0 spiro atoms. The summed E-state index contributed by atoms with van der Waals surface area (Å²) in [7, 11) is 3.53. The molecular formula is C16H21BrN4O2. The number of rotatable bonds is 7. The molecule has 1 saturated carbocycles. The predicted octanol–water partition coefficient (Wildman–Crippen LogP) is 2.85. The van der Waals surface area contributed by atoms with Gasteiger partial charge in [0.15, 0.2) is 0 Å². The maximum Gasteiger partial charge on any atom is 0.222 e. The van der Waals surface area contributed by atoms with Crippen molar-refractivity contribution >= 4 is 32.9 Å². The number of nitrogens with zero attached hydrogens (tertiary/aromatic N) is 4. The minimum absolute atomic E-state index is 0.117. The highest BCUT2D eigenvalue weighted by Crippen LogP contribution is 2.34. The first-order valence-corrected chi connectivity index (χ1v) is 8.70. The Morgan fingerprint density at radius 2 is 2.22 bits per heavy atom. The molecule has 7 heteroatoms. The molecule has 1 aliphatic carbocycles. The summed E-state index contributed by atoms with van der Waals surface area (Å²) in [6.07, 6.45) is 3.76. The monoisotopic (exact) mass is 380 g/mol. The van der Waals surface area contributed by atoms with Gasteiger partial charge in [-0.25, -0.2) is 4.68 Å². The largest absolute Gasteiger partial charge is 0.492 e. The van der Waals surface area contributed by atoms with E-state index < -0.39 is 0 Å². The van der Waals surface area contributed by atoms with E-state index in [1.54, 1.807) is 19.0 Å². The molecule has 1 aliphatic rings. The highest BCUT2D eigenvalue weighted by Gasteiger charge is 2.23. The molecule has 0 N–H and O–H groups in total. The van der Waals surface area contributed by atoms with E-state index >= 15 is 0 Å². The first kappa shape index (κ1) is 16.2. The summed E-state index contributed by atoms with van der Waals surface area (Å²) in [5.74, 6) is 1.61. The van der Waals surface area contributed by atoms with Gasteiger partial charge in [0.2, 0.25) is 5.91 Å². The number of aromatic nitrogens is 3. The zero-order chi connectivity index (χ0) is 16.4. The highest BCUT2D eigenvalue weighted by atomic mass is 79.9. The van der Waals surface area contributed by atoms with E-state index in [2.05, 4.69) is 26.2 Å². The van der Waals surface area contributed by atoms with Gasteiger partial charge in [-0.05, 0) is 53.2 Å². The predicted molar refractivity (Wildman–Crippen MR) is 91.4 cm³/mol. The molecule has 1 fully saturated rings. The Balaban J connectivity index is 1.62. The number of amides is 1. The average Bonchev–Trinajstić information content (AvgIpc) is 3.24. The molecular weight excluding hydrogens is 360 g/mol. The standard InChI is InChI=1S/C16H21BrN4O2/c1-20(2)14(22)4-3-9-23-13-8-7-12-16(15(13)17)18-19-21(12)10-11-5-6-11/h7-8,11H,3-6,9-10H2,1-2H3. The van der Waals surface area contributed by atoms with Gasteiger partial charge in [-0.3, -0.25) is 4.79 Å². The zero-order valence-corrected chi connectivity index (χ0v) is 15.0. The van der Waals surface area contributed by atoms with Crippen molar-refractivity contribution in [1.82, 2.24) is 19.9 Å². The quantitative estimate of drug-likeness (QED) is 0.692. The van der Waals surface area contributed by atoms with Crippen molar-refractivity contribution in [3.63, 3.8) is 0 Å². The van der Waals surface area contributed by atoms with Crippen LogP contribution < -0.4 is 4.74 Å². The second kappa shape index (κ2) is 6.86. The maximum absolute atomic E-state index is 11.5. The van der Waals surface area contributed by atoms with Crippen LogP contribution in [0.15, 0.2) is 16.6 Å². The fourth-order valence-corrected chi connectivity index (χ4v) is 2.94. The molecule has 124 valence electrons. The molecule has 1 heterocycles. The summed E-state index contributed by atoms with van der Waals surface area (Å²) in [5.41, 5.74) is 1.85. The van der Waals surface area contributed by atoms with Gasteiger partial charge in [-0.2, -0.15) is 0 Å². The Bertz CT molecular complexity index is 709. The third-order valence-corrected chi connectivity index (χ3v) is 4.78. The molecule has 3 rings (SSSR count). The fraction of sp³-hybridized carbons (Fsp3) is 0.562. The van der Waals surface area contributed by atoms with Crippen molar-refractivity contribution in [3.8, 4) is 5.75 Å². The topological polar surface area (TPSA) is 60.3 Å². The molecule has 0 atom stereocenters. The van der Waals surface area contributed by atoms with Crippen LogP contribution >= 0.6 is 15.9 Å². The Labute approximate surface area is 143 Å². The molecule has 23 heavy (non-hydrogen) atoms. The van der Waals surface area contributed by atoms with Crippen LogP contribution in [0.5, 0.6) is 5.75 Å². The summed E-state index contributed by atoms with van der Waals surface area (Å²) < 4.78 is 8.58. The summed E-state index contributed by atoms with van der Waals surface area (Å²) in [6.45, 7) is 1.44. The van der Waals surface area contributed by atoms with E-state index in [1.165, 1.54) is 12.8 Å². The zero-order valence-electron chi connectivity index (χ0n) is 13.5. The minimum Gasteiger partial charge on any atom is -0.492 e. The van der Waals surface area contributed by atoms with E-state index in [1.807, 2.05) is 16.8 Å². The fourth-order valence-electron chi connectivity index (χ4n) is 2.41. The first-order valence-electron chi connectivity index (χ1n) is 7.91. The van der Waals surface area contributed by atoms with Gasteiger partial charge >= 0.3 is 0 Å². The van der Waals surface area contributed by atoms with Crippen molar-refractivity contribution in [2.24, 2.45) is 5.92 Å². The van der Waals surface area contributed by atoms with Crippen LogP contribution in [0.3, 0.4) is 0 Å². The van der Waals surface area contributed by atoms with Crippen LogP contribution in [-0.4, -0.2) is 46.5 Å². The van der Waals surface area contributed by atoms with Gasteiger partial charge in [-0.1, -0.05) is 5.21 Å². The van der Waals surface area contributed by atoms with Crippen LogP contribution in [-0.2, 0) is 11.3 Å². The molecule has 0 bridgehead atoms. The van der Waals surface area contributed by atoms with Crippen LogP contribution in [0.2, 0.25) is 0 Å². The first-order chi connectivity index (χ1) is 11.1. The number of ether oxygens (including phenoxy) is 1. The molecule has 1 amide bonds. The molecule has 1 aromatic carbocycles. The SMILES string of the molecule is CN(C)C(=O)CCCOc1ccc2c(nnn2CC2CC2)c1Br. The van der Waals surface area contributed by atoms with Gasteiger partial charge < -0.3 is 9.64 Å². The highest BCUT2D eigenvalue weighted by molar-refractivity contribution is 9.10. The third kappa shape index (κ3) is 3.83. The van der Waals surface area contributed by atoms with Crippen LogP contribution in [0.25, 0.3) is 11.0 Å². The molecule has 0 radical (unpaired) electrons. The van der Waals surface area contributed by atoms with E-state index in [0.717, 1.165) is 33.7 Å². The summed E-state index contributed by atoms with van der Waals surface area (Å²) in [5, 5.41) is 8.51. The summed E-state index contributed by atoms with van der Waals surface area (Å²) in [6, 6.07) is 3.94. The van der Waals surface area contributed by atoms with Gasteiger partial charge in [0.1, 0.15) is 11.3 Å². The minimum atomic E-state index is 0.117. The van der Waals surface area contributed by atoms with Crippen LogP contribution in [0.1, 0.15) is 25.7 Å². The van der Waals surface area contributed by atoms with Crippen molar-refractivity contribution in [2.75, 3.05) is 20.7 Å². The molecule has 0 unspecified atom stereocenters. The lowest BCUT2D eigenvalue weighted by Crippen LogP contribution is -2.21. The maximum atomic E-state index is 11.5. The van der Waals surface area contributed by atoms with Crippen molar-refractivity contribution in [1.29, 1.82) is 0 Å². The number of hydrogen-bond acceptors (Lipinski definition) is 4. The second-order valence-corrected chi connectivity index (χ2v) is 6.99. The molecule has 1 aromatic heterocycles. The van der Waals surface area contributed by atoms with E-state index in [4.69, 9.17) is 4.74 Å². The Morgan fingerprint density at radius 1 is 1.43 bits per heavy atom. The Kier molecular flexibility index (Phi) is 4.84. The van der Waals surface area contributed by atoms with Gasteiger partial charge in [0.25, 0.3) is 0 Å². The van der Waals surface area contributed by atoms with Gasteiger partial charge in [-0.15, -0.1) is 5.10 Å². The molecule has 0 aliphatic heterocycles. The average molecular weight is 381 g/mol. The van der Waals surface area contributed by atoms with Gasteiger partial charge in [0, 0.05) is 27.1 Å². The van der Waals surface area contributed by atoms with Crippen LogP contribution in [0.4, 0.5) is 0 Å². The normalized spacial score (nSPS) is 14.2.